The first-order chi connectivity index (χ1) is 11.6. The van der Waals surface area contributed by atoms with Crippen LogP contribution in [0.1, 0.15) is 15.9 Å². The molecule has 0 atom stereocenters. The van der Waals surface area contributed by atoms with Gasteiger partial charge in [-0.05, 0) is 36.8 Å². The molecule has 2 aromatic carbocycles. The van der Waals surface area contributed by atoms with E-state index in [1.54, 1.807) is 12.1 Å². The summed E-state index contributed by atoms with van der Waals surface area (Å²) in [4.78, 5) is 16.3. The predicted octanol–water partition coefficient (Wildman–Crippen LogP) is 3.68. The van der Waals surface area contributed by atoms with E-state index >= 15 is 0 Å². The molecule has 0 saturated heterocycles. The van der Waals surface area contributed by atoms with Crippen LogP contribution in [-0.2, 0) is 0 Å². The van der Waals surface area contributed by atoms with Gasteiger partial charge in [-0.1, -0.05) is 18.2 Å². The highest BCUT2D eigenvalue weighted by Gasteiger charge is 2.17. The minimum absolute atomic E-state index is 0.244. The Labute approximate surface area is 138 Å². The number of aromatic carboxylic acids is 1. The molecular formula is C19H15NO4. The molecule has 5 heteroatoms. The topological polar surface area (TPSA) is 68.7 Å². The van der Waals surface area contributed by atoms with E-state index < -0.39 is 5.97 Å². The largest absolute Gasteiger partial charge is 0.486 e. The van der Waals surface area contributed by atoms with E-state index in [-0.39, 0.29) is 5.56 Å². The molecule has 0 amide bonds. The number of hydrogen-bond acceptors (Lipinski definition) is 4. The van der Waals surface area contributed by atoms with Gasteiger partial charge in [-0.15, -0.1) is 0 Å². The van der Waals surface area contributed by atoms with Crippen LogP contribution < -0.4 is 9.47 Å². The number of benzene rings is 2. The summed E-state index contributed by atoms with van der Waals surface area (Å²) in [7, 11) is 0. The van der Waals surface area contributed by atoms with Gasteiger partial charge in [0, 0.05) is 10.9 Å². The summed E-state index contributed by atoms with van der Waals surface area (Å²) in [5.74, 6) is 0.384. The lowest BCUT2D eigenvalue weighted by atomic mass is 10.0. The zero-order valence-electron chi connectivity index (χ0n) is 13.1. The predicted molar refractivity (Wildman–Crippen MR) is 89.9 cm³/mol. The first-order valence-corrected chi connectivity index (χ1v) is 7.67. The minimum atomic E-state index is -0.966. The maximum absolute atomic E-state index is 11.7. The number of carbonyl (C=O) groups is 1. The van der Waals surface area contributed by atoms with E-state index in [2.05, 4.69) is 4.98 Å². The summed E-state index contributed by atoms with van der Waals surface area (Å²) >= 11 is 0. The Balaban J connectivity index is 1.94. The Morgan fingerprint density at radius 1 is 1.08 bits per heavy atom. The van der Waals surface area contributed by atoms with Crippen LogP contribution in [0.3, 0.4) is 0 Å². The third kappa shape index (κ3) is 2.34. The van der Waals surface area contributed by atoms with Crippen molar-refractivity contribution in [2.45, 2.75) is 6.92 Å². The fourth-order valence-electron chi connectivity index (χ4n) is 2.92. The van der Waals surface area contributed by atoms with Gasteiger partial charge in [-0.25, -0.2) is 9.78 Å². The highest BCUT2D eigenvalue weighted by Crippen LogP contribution is 2.35. The molecule has 2 heterocycles. The van der Waals surface area contributed by atoms with Gasteiger partial charge in [0.05, 0.1) is 16.8 Å². The van der Waals surface area contributed by atoms with Crippen molar-refractivity contribution in [1.29, 1.82) is 0 Å². The quantitative estimate of drug-likeness (QED) is 0.780. The average Bonchev–Trinajstić information content (AvgIpc) is 2.61. The summed E-state index contributed by atoms with van der Waals surface area (Å²) in [5.41, 5.74) is 3.28. The van der Waals surface area contributed by atoms with Crippen LogP contribution in [0.15, 0.2) is 42.5 Å². The summed E-state index contributed by atoms with van der Waals surface area (Å²) in [5, 5.41) is 10.2. The lowest BCUT2D eigenvalue weighted by Gasteiger charge is -2.19. The smallest absolute Gasteiger partial charge is 0.336 e. The van der Waals surface area contributed by atoms with E-state index in [1.807, 2.05) is 37.3 Å². The van der Waals surface area contributed by atoms with Gasteiger partial charge < -0.3 is 14.6 Å². The number of carboxylic acid groups (broad SMARTS) is 1. The average molecular weight is 321 g/mol. The van der Waals surface area contributed by atoms with Crippen molar-refractivity contribution in [1.82, 2.24) is 4.98 Å². The van der Waals surface area contributed by atoms with E-state index in [0.29, 0.717) is 41.3 Å². The molecule has 0 fully saturated rings. The molecule has 0 radical (unpaired) electrons. The van der Waals surface area contributed by atoms with Crippen LogP contribution in [0.25, 0.3) is 22.2 Å². The molecule has 24 heavy (non-hydrogen) atoms. The number of hydrogen-bond donors (Lipinski definition) is 1. The maximum atomic E-state index is 11.7. The summed E-state index contributed by atoms with van der Waals surface area (Å²) in [6.45, 7) is 2.96. The first kappa shape index (κ1) is 14.5. The van der Waals surface area contributed by atoms with Crippen LogP contribution >= 0.6 is 0 Å². The molecule has 1 aliphatic heterocycles. The number of rotatable bonds is 2. The monoisotopic (exact) mass is 321 g/mol. The molecule has 3 aromatic rings. The Morgan fingerprint density at radius 2 is 1.88 bits per heavy atom. The van der Waals surface area contributed by atoms with E-state index in [4.69, 9.17) is 9.47 Å². The van der Waals surface area contributed by atoms with Crippen molar-refractivity contribution in [2.24, 2.45) is 0 Å². The fraction of sp³-hybridized carbons (Fsp3) is 0.158. The molecule has 0 unspecified atom stereocenters. The molecule has 0 bridgehead atoms. The molecule has 0 spiro atoms. The Bertz CT molecular complexity index is 965. The third-order valence-electron chi connectivity index (χ3n) is 4.11. The van der Waals surface area contributed by atoms with E-state index in [1.165, 1.54) is 0 Å². The van der Waals surface area contributed by atoms with E-state index in [9.17, 15) is 9.90 Å². The second-order valence-corrected chi connectivity index (χ2v) is 5.69. The van der Waals surface area contributed by atoms with Crippen molar-refractivity contribution < 1.29 is 19.4 Å². The lowest BCUT2D eigenvalue weighted by molar-refractivity contribution is 0.0699. The van der Waals surface area contributed by atoms with Gasteiger partial charge in [0.2, 0.25) is 0 Å². The Kier molecular flexibility index (Phi) is 3.34. The van der Waals surface area contributed by atoms with Gasteiger partial charge >= 0.3 is 5.97 Å². The number of para-hydroxylation sites is 1. The Hall–Kier alpha value is -3.08. The maximum Gasteiger partial charge on any atom is 0.336 e. The molecule has 1 aliphatic rings. The second kappa shape index (κ2) is 5.53. The number of fused-ring (bicyclic) bond motifs is 2. The van der Waals surface area contributed by atoms with Crippen LogP contribution in [0.4, 0.5) is 0 Å². The molecule has 0 aliphatic carbocycles. The van der Waals surface area contributed by atoms with Crippen molar-refractivity contribution in [3.63, 3.8) is 0 Å². The fourth-order valence-corrected chi connectivity index (χ4v) is 2.92. The number of aromatic nitrogens is 1. The van der Waals surface area contributed by atoms with Gasteiger partial charge in [0.15, 0.2) is 11.5 Å². The van der Waals surface area contributed by atoms with Crippen LogP contribution in [0.5, 0.6) is 11.5 Å². The van der Waals surface area contributed by atoms with E-state index in [0.717, 1.165) is 11.1 Å². The normalized spacial score (nSPS) is 13.0. The van der Waals surface area contributed by atoms with Crippen molar-refractivity contribution >= 4 is 16.9 Å². The van der Waals surface area contributed by atoms with Crippen LogP contribution in [0, 0.1) is 6.92 Å². The number of carboxylic acids is 1. The van der Waals surface area contributed by atoms with Gasteiger partial charge in [0.1, 0.15) is 13.2 Å². The number of nitrogens with zero attached hydrogens (tertiary/aromatic N) is 1. The molecule has 1 N–H and O–H groups in total. The Morgan fingerprint density at radius 3 is 2.67 bits per heavy atom. The van der Waals surface area contributed by atoms with Gasteiger partial charge in [-0.3, -0.25) is 0 Å². The van der Waals surface area contributed by atoms with Gasteiger partial charge in [-0.2, -0.15) is 0 Å². The van der Waals surface area contributed by atoms with Crippen LogP contribution in [-0.4, -0.2) is 29.3 Å². The lowest BCUT2D eigenvalue weighted by Crippen LogP contribution is -2.15. The number of aryl methyl sites for hydroxylation is 1. The van der Waals surface area contributed by atoms with Crippen LogP contribution in [0.2, 0.25) is 0 Å². The zero-order chi connectivity index (χ0) is 16.7. The molecule has 0 saturated carbocycles. The molecule has 4 rings (SSSR count). The summed E-state index contributed by atoms with van der Waals surface area (Å²) < 4.78 is 11.1. The minimum Gasteiger partial charge on any atom is -0.486 e. The van der Waals surface area contributed by atoms with Crippen molar-refractivity contribution in [3.8, 4) is 22.8 Å². The zero-order valence-corrected chi connectivity index (χ0v) is 13.1. The highest BCUT2D eigenvalue weighted by atomic mass is 16.6. The second-order valence-electron chi connectivity index (χ2n) is 5.69. The van der Waals surface area contributed by atoms with Gasteiger partial charge in [0.25, 0.3) is 0 Å². The summed E-state index contributed by atoms with van der Waals surface area (Å²) in [6.07, 6.45) is 0. The highest BCUT2D eigenvalue weighted by molar-refractivity contribution is 6.04. The van der Waals surface area contributed by atoms with Crippen molar-refractivity contribution in [2.75, 3.05) is 13.2 Å². The first-order valence-electron chi connectivity index (χ1n) is 7.67. The molecule has 120 valence electrons. The molecular weight excluding hydrogens is 306 g/mol. The molecule has 1 aromatic heterocycles. The standard InChI is InChI=1S/C19H15NO4/c1-11-3-2-4-13-14(19(21)22)10-15(20-18(11)13)12-5-6-16-17(9-12)24-8-7-23-16/h2-6,9-10H,7-8H2,1H3,(H,21,22). The number of ether oxygens (including phenoxy) is 2. The summed E-state index contributed by atoms with van der Waals surface area (Å²) in [6, 6.07) is 12.7. The number of pyridine rings is 1. The van der Waals surface area contributed by atoms with Crippen molar-refractivity contribution in [3.05, 3.63) is 53.6 Å². The third-order valence-corrected chi connectivity index (χ3v) is 4.11. The SMILES string of the molecule is Cc1cccc2c(C(=O)O)cc(-c3ccc4c(c3)OCCO4)nc12. The molecule has 5 nitrogen and oxygen atoms in total.